The van der Waals surface area contributed by atoms with Gasteiger partial charge >= 0.3 is 0 Å². The smallest absolute Gasteiger partial charge is 0.276 e. The lowest BCUT2D eigenvalue weighted by molar-refractivity contribution is -0.127. The molecule has 40 heavy (non-hydrogen) atoms. The molecule has 2 atom stereocenters. The number of nitrogens with one attached hydrogen (secondary N) is 1. The van der Waals surface area contributed by atoms with Crippen molar-refractivity contribution in [3.05, 3.63) is 53.2 Å². The normalized spacial score (nSPS) is 23.1. The van der Waals surface area contributed by atoms with Crippen LogP contribution in [0.3, 0.4) is 0 Å². The second kappa shape index (κ2) is 13.8. The average Bonchev–Trinajstić information content (AvgIpc) is 3.42. The maximum absolute atomic E-state index is 13.6. The third-order valence-corrected chi connectivity index (χ3v) is 8.18. The molecule has 218 valence electrons. The van der Waals surface area contributed by atoms with E-state index in [4.69, 9.17) is 15.0 Å². The van der Waals surface area contributed by atoms with Crippen molar-refractivity contribution in [1.82, 2.24) is 20.3 Å². The fourth-order valence-corrected chi connectivity index (χ4v) is 5.77. The van der Waals surface area contributed by atoms with E-state index in [-0.39, 0.29) is 42.4 Å². The lowest BCUT2D eigenvalue weighted by Gasteiger charge is -2.42. The van der Waals surface area contributed by atoms with Gasteiger partial charge in [-0.3, -0.25) is 14.4 Å². The summed E-state index contributed by atoms with van der Waals surface area (Å²) in [4.78, 5) is 43.8. The molecule has 4 rings (SSSR count). The molecule has 0 radical (unpaired) electrons. The van der Waals surface area contributed by atoms with Crippen molar-refractivity contribution in [2.24, 2.45) is 17.6 Å². The minimum Gasteiger partial charge on any atom is -0.383 e. The van der Waals surface area contributed by atoms with Gasteiger partial charge in [-0.15, -0.1) is 0 Å². The Labute approximate surface area is 234 Å². The van der Waals surface area contributed by atoms with Gasteiger partial charge in [0.1, 0.15) is 17.6 Å². The Hall–Kier alpha value is -3.31. The van der Waals surface area contributed by atoms with Gasteiger partial charge in [-0.25, -0.2) is 4.39 Å². The summed E-state index contributed by atoms with van der Waals surface area (Å²) in [5, 5.41) is 6.96. The number of aryl methyl sites for hydroxylation is 1. The molecule has 1 aromatic carbocycles. The van der Waals surface area contributed by atoms with E-state index >= 15 is 0 Å². The van der Waals surface area contributed by atoms with Crippen LogP contribution in [0.15, 0.2) is 34.9 Å². The number of hydrogen-bond donors (Lipinski definition) is 2. The van der Waals surface area contributed by atoms with Crippen LogP contribution in [-0.4, -0.2) is 84.7 Å². The fourth-order valence-electron chi connectivity index (χ4n) is 5.77. The number of piperidine rings is 1. The number of nitrogens with two attached hydrogens (primary N) is 1. The third-order valence-electron chi connectivity index (χ3n) is 8.18. The zero-order valence-electron chi connectivity index (χ0n) is 23.3. The molecule has 1 aliphatic heterocycles. The number of amides is 3. The summed E-state index contributed by atoms with van der Waals surface area (Å²) >= 11 is 0. The maximum atomic E-state index is 13.6. The zero-order valence-corrected chi connectivity index (χ0v) is 23.3. The molecule has 0 spiro atoms. The van der Waals surface area contributed by atoms with E-state index in [0.29, 0.717) is 55.8 Å². The summed E-state index contributed by atoms with van der Waals surface area (Å²) in [6, 6.07) is 5.84. The number of methoxy groups -OCH3 is 1. The molecule has 1 saturated heterocycles. The highest BCUT2D eigenvalue weighted by Gasteiger charge is 2.40. The second-order valence-corrected chi connectivity index (χ2v) is 10.9. The van der Waals surface area contributed by atoms with E-state index in [2.05, 4.69) is 10.5 Å². The number of aromatic nitrogens is 1. The van der Waals surface area contributed by atoms with Crippen LogP contribution in [0.5, 0.6) is 0 Å². The number of hydrogen-bond acceptors (Lipinski definition) is 7. The largest absolute Gasteiger partial charge is 0.383 e. The summed E-state index contributed by atoms with van der Waals surface area (Å²) in [6.45, 7) is 3.78. The van der Waals surface area contributed by atoms with Crippen LogP contribution in [0, 0.1) is 24.6 Å². The van der Waals surface area contributed by atoms with Gasteiger partial charge in [0, 0.05) is 44.4 Å². The molecule has 1 aromatic heterocycles. The SMILES string of the molecule is COCCN(C(=O)c1ccc(F)cc1)C1CCN(C(=O)c2cc(C)on2)[C@@H](C(=O)NCC2CCC(CN)CC2)C1. The van der Waals surface area contributed by atoms with Crippen molar-refractivity contribution in [3.63, 3.8) is 0 Å². The number of carbonyl (C=O) groups excluding carboxylic acids is 3. The van der Waals surface area contributed by atoms with E-state index < -0.39 is 11.9 Å². The third kappa shape index (κ3) is 7.25. The first-order valence-electron chi connectivity index (χ1n) is 14.1. The zero-order chi connectivity index (χ0) is 28.6. The van der Waals surface area contributed by atoms with Crippen molar-refractivity contribution in [2.75, 3.05) is 39.9 Å². The van der Waals surface area contributed by atoms with E-state index in [1.54, 1.807) is 25.0 Å². The Morgan fingerprint density at radius 2 is 1.85 bits per heavy atom. The van der Waals surface area contributed by atoms with E-state index in [9.17, 15) is 18.8 Å². The van der Waals surface area contributed by atoms with Gasteiger partial charge in [0.2, 0.25) is 5.91 Å². The van der Waals surface area contributed by atoms with Crippen molar-refractivity contribution in [3.8, 4) is 0 Å². The van der Waals surface area contributed by atoms with Crippen LogP contribution in [0.4, 0.5) is 4.39 Å². The first-order valence-corrected chi connectivity index (χ1v) is 14.1. The first kappa shape index (κ1) is 29.7. The highest BCUT2D eigenvalue weighted by Crippen LogP contribution is 2.29. The summed E-state index contributed by atoms with van der Waals surface area (Å²) in [5.41, 5.74) is 6.32. The number of carbonyl (C=O) groups is 3. The van der Waals surface area contributed by atoms with Crippen LogP contribution in [0.25, 0.3) is 0 Å². The Morgan fingerprint density at radius 1 is 1.15 bits per heavy atom. The number of ether oxygens (including phenoxy) is 1. The lowest BCUT2D eigenvalue weighted by atomic mass is 9.82. The minimum atomic E-state index is -0.797. The Morgan fingerprint density at radius 3 is 2.48 bits per heavy atom. The summed E-state index contributed by atoms with van der Waals surface area (Å²) in [6.07, 6.45) is 4.84. The van der Waals surface area contributed by atoms with Gasteiger partial charge in [-0.2, -0.15) is 0 Å². The predicted molar refractivity (Wildman–Crippen MR) is 146 cm³/mol. The molecule has 2 aromatic rings. The van der Waals surface area contributed by atoms with Gasteiger partial charge in [-0.1, -0.05) is 5.16 Å². The maximum Gasteiger partial charge on any atom is 0.276 e. The van der Waals surface area contributed by atoms with Crippen LogP contribution >= 0.6 is 0 Å². The van der Waals surface area contributed by atoms with Crippen LogP contribution in [0.1, 0.15) is 65.1 Å². The van der Waals surface area contributed by atoms with E-state index in [0.717, 1.165) is 25.7 Å². The molecule has 1 aliphatic carbocycles. The Kier molecular flexibility index (Phi) is 10.3. The average molecular weight is 558 g/mol. The van der Waals surface area contributed by atoms with Gasteiger partial charge < -0.3 is 30.1 Å². The van der Waals surface area contributed by atoms with Crippen molar-refractivity contribution in [2.45, 2.75) is 57.5 Å². The molecule has 0 bridgehead atoms. The highest BCUT2D eigenvalue weighted by atomic mass is 19.1. The van der Waals surface area contributed by atoms with Crippen molar-refractivity contribution in [1.29, 1.82) is 0 Å². The lowest BCUT2D eigenvalue weighted by Crippen LogP contribution is -2.58. The van der Waals surface area contributed by atoms with E-state index in [1.807, 2.05) is 0 Å². The second-order valence-electron chi connectivity index (χ2n) is 10.9. The Balaban J connectivity index is 1.52. The summed E-state index contributed by atoms with van der Waals surface area (Å²) in [5.74, 6) is 0.0803. The van der Waals surface area contributed by atoms with Gasteiger partial charge in [0.05, 0.1) is 6.61 Å². The van der Waals surface area contributed by atoms with Crippen molar-refractivity contribution >= 4 is 17.7 Å². The molecule has 10 nitrogen and oxygen atoms in total. The molecule has 11 heteroatoms. The molecule has 1 saturated carbocycles. The van der Waals surface area contributed by atoms with Gasteiger partial charge in [-0.05, 0) is 88.1 Å². The van der Waals surface area contributed by atoms with E-state index in [1.165, 1.54) is 29.2 Å². The fraction of sp³-hybridized carbons (Fsp3) is 0.586. The summed E-state index contributed by atoms with van der Waals surface area (Å²) < 4.78 is 23.9. The number of benzene rings is 1. The van der Waals surface area contributed by atoms with Crippen molar-refractivity contribution < 1.29 is 28.0 Å². The summed E-state index contributed by atoms with van der Waals surface area (Å²) in [7, 11) is 1.55. The molecule has 1 unspecified atom stereocenters. The first-order chi connectivity index (χ1) is 19.3. The molecule has 2 heterocycles. The topological polar surface area (TPSA) is 131 Å². The number of halogens is 1. The quantitative estimate of drug-likeness (QED) is 0.459. The standard InChI is InChI=1S/C29H40FN5O5/c1-19-15-25(33-40-19)29(38)35-12-11-24(34(13-14-39-2)28(37)22-7-9-23(30)10-8-22)16-26(35)27(36)32-18-21-5-3-20(17-31)4-6-21/h7-10,15,20-21,24,26H,3-6,11-14,16-18,31H2,1-2H3,(H,32,36)/t20?,21?,24?,26-/m1/s1. The monoisotopic (exact) mass is 557 g/mol. The molecule has 3 amide bonds. The van der Waals surface area contributed by atoms with Gasteiger partial charge in [0.25, 0.3) is 11.8 Å². The molecular weight excluding hydrogens is 517 g/mol. The molecule has 3 N–H and O–H groups in total. The predicted octanol–water partition coefficient (Wildman–Crippen LogP) is 2.77. The Bertz CT molecular complexity index is 1150. The van der Waals surface area contributed by atoms with Crippen LogP contribution in [-0.2, 0) is 9.53 Å². The number of nitrogens with zero attached hydrogens (tertiary/aromatic N) is 3. The highest BCUT2D eigenvalue weighted by molar-refractivity contribution is 5.97. The number of rotatable bonds is 10. The minimum absolute atomic E-state index is 0.146. The van der Waals surface area contributed by atoms with Gasteiger partial charge in [0.15, 0.2) is 5.69 Å². The molecule has 2 fully saturated rings. The molecule has 2 aliphatic rings. The van der Waals surface area contributed by atoms with Crippen LogP contribution in [0.2, 0.25) is 0 Å². The van der Waals surface area contributed by atoms with Crippen LogP contribution < -0.4 is 11.1 Å². The number of likely N-dealkylation sites (tertiary alicyclic amines) is 1. The molecular formula is C29H40FN5O5.